The Hall–Kier alpha value is -1.67. The lowest BCUT2D eigenvalue weighted by Gasteiger charge is -2.34. The molecule has 1 saturated heterocycles. The van der Waals surface area contributed by atoms with Crippen molar-refractivity contribution in [2.45, 2.75) is 18.4 Å². The van der Waals surface area contributed by atoms with Gasteiger partial charge in [-0.15, -0.1) is 0 Å². The molecular formula is C11H13N5. The van der Waals surface area contributed by atoms with E-state index >= 15 is 0 Å². The molecule has 1 aliphatic carbocycles. The van der Waals surface area contributed by atoms with Gasteiger partial charge < -0.3 is 10.2 Å². The summed E-state index contributed by atoms with van der Waals surface area (Å²) in [6.45, 7) is 2.93. The minimum absolute atomic E-state index is 0.329. The number of aromatic nitrogens is 2. The average Bonchev–Trinajstić information content (AvgIpc) is 3.08. The van der Waals surface area contributed by atoms with Gasteiger partial charge in [-0.3, -0.25) is 0 Å². The third-order valence-electron chi connectivity index (χ3n) is 3.32. The number of hydrogen-bond donors (Lipinski definition) is 1. The smallest absolute Gasteiger partial charge is 0.145 e. The zero-order valence-corrected chi connectivity index (χ0v) is 8.98. The summed E-state index contributed by atoms with van der Waals surface area (Å²) >= 11 is 0. The van der Waals surface area contributed by atoms with Crippen molar-refractivity contribution in [3.8, 4) is 6.07 Å². The van der Waals surface area contributed by atoms with E-state index in [1.54, 1.807) is 6.07 Å². The predicted octanol–water partition coefficient (Wildman–Crippen LogP) is 0.290. The zero-order chi connectivity index (χ0) is 11.0. The van der Waals surface area contributed by atoms with Gasteiger partial charge in [0.05, 0.1) is 0 Å². The molecule has 5 heteroatoms. The van der Waals surface area contributed by atoms with Gasteiger partial charge in [-0.1, -0.05) is 0 Å². The summed E-state index contributed by atoms with van der Waals surface area (Å²) in [6.07, 6.45) is 3.97. The summed E-state index contributed by atoms with van der Waals surface area (Å²) in [5.74, 6) is 0.874. The van der Waals surface area contributed by atoms with Gasteiger partial charge in [0.25, 0.3) is 0 Å². The van der Waals surface area contributed by atoms with Crippen LogP contribution in [0.4, 0.5) is 5.82 Å². The molecule has 3 rings (SSSR count). The van der Waals surface area contributed by atoms with Crippen molar-refractivity contribution >= 4 is 5.82 Å². The molecule has 1 spiro atoms. The van der Waals surface area contributed by atoms with Gasteiger partial charge in [0, 0.05) is 31.2 Å². The van der Waals surface area contributed by atoms with Gasteiger partial charge in [0.15, 0.2) is 0 Å². The lowest BCUT2D eigenvalue weighted by molar-refractivity contribution is 0.440. The summed E-state index contributed by atoms with van der Waals surface area (Å²) in [6, 6.07) is 3.81. The Morgan fingerprint density at radius 2 is 2.31 bits per heavy atom. The minimum atomic E-state index is 0.329. The second-order valence-corrected chi connectivity index (χ2v) is 4.50. The van der Waals surface area contributed by atoms with Crippen molar-refractivity contribution in [2.24, 2.45) is 0 Å². The first-order chi connectivity index (χ1) is 7.81. The van der Waals surface area contributed by atoms with Crippen LogP contribution in [-0.4, -0.2) is 35.1 Å². The second-order valence-electron chi connectivity index (χ2n) is 4.50. The third kappa shape index (κ3) is 1.61. The van der Waals surface area contributed by atoms with Crippen LogP contribution in [0.15, 0.2) is 12.4 Å². The Balaban J connectivity index is 1.83. The van der Waals surface area contributed by atoms with E-state index in [9.17, 15) is 0 Å². The SMILES string of the molecule is N#Cc1cc(N2CCNC3(CC3)C2)ncn1. The van der Waals surface area contributed by atoms with Crippen molar-refractivity contribution in [2.75, 3.05) is 24.5 Å². The summed E-state index contributed by atoms with van der Waals surface area (Å²) in [4.78, 5) is 10.4. The Bertz CT molecular complexity index is 446. The van der Waals surface area contributed by atoms with E-state index in [0.717, 1.165) is 25.5 Å². The molecule has 5 nitrogen and oxygen atoms in total. The third-order valence-corrected chi connectivity index (χ3v) is 3.32. The average molecular weight is 215 g/mol. The minimum Gasteiger partial charge on any atom is -0.353 e. The van der Waals surface area contributed by atoms with Crippen LogP contribution in [0.25, 0.3) is 0 Å². The highest BCUT2D eigenvalue weighted by Gasteiger charge is 2.45. The molecule has 1 aliphatic heterocycles. The normalized spacial score (nSPS) is 21.8. The molecule has 1 aromatic heterocycles. The first-order valence-electron chi connectivity index (χ1n) is 5.53. The molecule has 0 radical (unpaired) electrons. The monoisotopic (exact) mass is 215 g/mol. The molecule has 2 fully saturated rings. The molecule has 0 atom stereocenters. The van der Waals surface area contributed by atoms with E-state index in [2.05, 4.69) is 20.2 Å². The highest BCUT2D eigenvalue weighted by atomic mass is 15.3. The first-order valence-corrected chi connectivity index (χ1v) is 5.53. The fraction of sp³-hybridized carbons (Fsp3) is 0.545. The largest absolute Gasteiger partial charge is 0.353 e. The maximum Gasteiger partial charge on any atom is 0.145 e. The zero-order valence-electron chi connectivity index (χ0n) is 8.98. The topological polar surface area (TPSA) is 64.8 Å². The van der Waals surface area contributed by atoms with E-state index < -0.39 is 0 Å². The van der Waals surface area contributed by atoms with Crippen molar-refractivity contribution < 1.29 is 0 Å². The highest BCUT2D eigenvalue weighted by molar-refractivity contribution is 5.43. The van der Waals surface area contributed by atoms with Gasteiger partial charge in [-0.2, -0.15) is 5.26 Å². The van der Waals surface area contributed by atoms with Gasteiger partial charge in [-0.05, 0) is 12.8 Å². The molecule has 1 aromatic rings. The standard InChI is InChI=1S/C11H13N5/c12-6-9-5-10(14-8-13-9)16-4-3-15-11(7-16)1-2-11/h5,8,15H,1-4,7H2. The second kappa shape index (κ2) is 3.42. The molecular weight excluding hydrogens is 202 g/mol. The Morgan fingerprint density at radius 3 is 3.06 bits per heavy atom. The summed E-state index contributed by atoms with van der Waals surface area (Å²) in [5.41, 5.74) is 0.768. The maximum absolute atomic E-state index is 8.80. The Labute approximate surface area is 94.1 Å². The number of nitriles is 1. The Kier molecular flexibility index (Phi) is 2.04. The Morgan fingerprint density at radius 1 is 1.44 bits per heavy atom. The summed E-state index contributed by atoms with van der Waals surface area (Å²) < 4.78 is 0. The van der Waals surface area contributed by atoms with Crippen LogP contribution < -0.4 is 10.2 Å². The van der Waals surface area contributed by atoms with E-state index in [4.69, 9.17) is 5.26 Å². The summed E-state index contributed by atoms with van der Waals surface area (Å²) in [5, 5.41) is 12.4. The van der Waals surface area contributed by atoms with Crippen LogP contribution in [0.1, 0.15) is 18.5 Å². The molecule has 1 N–H and O–H groups in total. The van der Waals surface area contributed by atoms with Crippen molar-refractivity contribution in [3.05, 3.63) is 18.1 Å². The van der Waals surface area contributed by atoms with E-state index in [1.807, 2.05) is 6.07 Å². The number of nitrogens with zero attached hydrogens (tertiary/aromatic N) is 4. The van der Waals surface area contributed by atoms with E-state index in [1.165, 1.54) is 19.2 Å². The van der Waals surface area contributed by atoms with Crippen LogP contribution >= 0.6 is 0 Å². The fourth-order valence-electron chi connectivity index (χ4n) is 2.22. The molecule has 0 unspecified atom stereocenters. The number of rotatable bonds is 1. The van der Waals surface area contributed by atoms with Crippen LogP contribution in [0.3, 0.4) is 0 Å². The lowest BCUT2D eigenvalue weighted by Crippen LogP contribution is -2.52. The quantitative estimate of drug-likeness (QED) is 0.729. The number of piperazine rings is 1. The predicted molar refractivity (Wildman–Crippen MR) is 58.9 cm³/mol. The number of anilines is 1. The number of hydrogen-bond acceptors (Lipinski definition) is 5. The van der Waals surface area contributed by atoms with Crippen LogP contribution in [0.5, 0.6) is 0 Å². The molecule has 1 saturated carbocycles. The van der Waals surface area contributed by atoms with E-state index in [-0.39, 0.29) is 0 Å². The molecule has 0 bridgehead atoms. The molecule has 0 amide bonds. The van der Waals surface area contributed by atoms with E-state index in [0.29, 0.717) is 11.2 Å². The summed E-state index contributed by atoms with van der Waals surface area (Å²) in [7, 11) is 0. The van der Waals surface area contributed by atoms with Gasteiger partial charge >= 0.3 is 0 Å². The van der Waals surface area contributed by atoms with Crippen LogP contribution in [0.2, 0.25) is 0 Å². The van der Waals surface area contributed by atoms with Crippen molar-refractivity contribution in [3.63, 3.8) is 0 Å². The molecule has 82 valence electrons. The van der Waals surface area contributed by atoms with Crippen molar-refractivity contribution in [1.29, 1.82) is 5.26 Å². The highest BCUT2D eigenvalue weighted by Crippen LogP contribution is 2.38. The van der Waals surface area contributed by atoms with Gasteiger partial charge in [0.2, 0.25) is 0 Å². The maximum atomic E-state index is 8.80. The number of nitrogens with one attached hydrogen (secondary N) is 1. The first kappa shape index (κ1) is 9.55. The van der Waals surface area contributed by atoms with Gasteiger partial charge in [-0.25, -0.2) is 9.97 Å². The van der Waals surface area contributed by atoms with Gasteiger partial charge in [0.1, 0.15) is 23.9 Å². The molecule has 16 heavy (non-hydrogen) atoms. The van der Waals surface area contributed by atoms with Crippen LogP contribution in [0, 0.1) is 11.3 Å². The molecule has 2 heterocycles. The van der Waals surface area contributed by atoms with Crippen LogP contribution in [-0.2, 0) is 0 Å². The molecule has 2 aliphatic rings. The van der Waals surface area contributed by atoms with Crippen molar-refractivity contribution in [1.82, 2.24) is 15.3 Å². The fourth-order valence-corrected chi connectivity index (χ4v) is 2.22. The lowest BCUT2D eigenvalue weighted by atomic mass is 10.2. The molecule has 0 aromatic carbocycles.